The van der Waals surface area contributed by atoms with Gasteiger partial charge in [-0.2, -0.15) is 11.8 Å². The highest BCUT2D eigenvalue weighted by Crippen LogP contribution is 2.33. The summed E-state index contributed by atoms with van der Waals surface area (Å²) < 4.78 is 0. The summed E-state index contributed by atoms with van der Waals surface area (Å²) in [7, 11) is 4.30. The fraction of sp³-hybridized carbons (Fsp3) is 0.947. The second-order valence-electron chi connectivity index (χ2n) is 7.70. The Morgan fingerprint density at radius 1 is 1.09 bits per heavy atom. The molecule has 22 heavy (non-hydrogen) atoms. The summed E-state index contributed by atoms with van der Waals surface area (Å²) in [5, 5.41) is 0. The maximum Gasteiger partial charge on any atom is 0.123 e. The molecule has 1 atom stereocenters. The molecule has 1 saturated carbocycles. The molecule has 0 aromatic heterocycles. The van der Waals surface area contributed by atoms with Gasteiger partial charge in [-0.3, -0.25) is 0 Å². The van der Waals surface area contributed by atoms with Gasteiger partial charge in [0.1, 0.15) is 6.29 Å². The smallest absolute Gasteiger partial charge is 0.123 e. The van der Waals surface area contributed by atoms with E-state index in [2.05, 4.69) is 44.6 Å². The lowest BCUT2D eigenvalue weighted by atomic mass is 9.78. The lowest BCUT2D eigenvalue weighted by molar-refractivity contribution is -0.112. The van der Waals surface area contributed by atoms with E-state index in [0.717, 1.165) is 30.6 Å². The summed E-state index contributed by atoms with van der Waals surface area (Å²) >= 11 is 2.11. The number of carbonyl (C=O) groups is 1. The Kier molecular flexibility index (Phi) is 10.5. The second kappa shape index (κ2) is 11.5. The van der Waals surface area contributed by atoms with Gasteiger partial charge in [-0.1, -0.05) is 20.3 Å². The zero-order valence-corrected chi connectivity index (χ0v) is 16.0. The molecule has 0 bridgehead atoms. The Bertz CT molecular complexity index is 285. The molecule has 1 fully saturated rings. The number of rotatable bonds is 11. The van der Waals surface area contributed by atoms with Crippen molar-refractivity contribution in [1.29, 1.82) is 0 Å². The zero-order chi connectivity index (χ0) is 16.4. The third kappa shape index (κ3) is 8.57. The summed E-state index contributed by atoms with van der Waals surface area (Å²) in [5.74, 6) is 5.52. The molecule has 0 aliphatic heterocycles. The summed E-state index contributed by atoms with van der Waals surface area (Å²) in [6.45, 7) is 5.97. The highest BCUT2D eigenvalue weighted by molar-refractivity contribution is 7.99. The maximum absolute atomic E-state index is 10.8. The van der Waals surface area contributed by atoms with Gasteiger partial charge in [0.05, 0.1) is 0 Å². The van der Waals surface area contributed by atoms with Gasteiger partial charge in [0.15, 0.2) is 0 Å². The van der Waals surface area contributed by atoms with E-state index in [4.69, 9.17) is 0 Å². The highest BCUT2D eigenvalue weighted by atomic mass is 32.2. The Morgan fingerprint density at radius 3 is 2.32 bits per heavy atom. The van der Waals surface area contributed by atoms with Crippen LogP contribution in [0.5, 0.6) is 0 Å². The van der Waals surface area contributed by atoms with Crippen molar-refractivity contribution in [3.63, 3.8) is 0 Å². The first-order valence-electron chi connectivity index (χ1n) is 9.20. The fourth-order valence-electron chi connectivity index (χ4n) is 3.46. The molecule has 0 N–H and O–H groups in total. The molecule has 0 saturated heterocycles. The van der Waals surface area contributed by atoms with Crippen molar-refractivity contribution >= 4 is 18.0 Å². The minimum absolute atomic E-state index is 0.366. The maximum atomic E-state index is 10.8. The number of nitrogens with zero attached hydrogens (tertiary/aromatic N) is 1. The van der Waals surface area contributed by atoms with Crippen molar-refractivity contribution < 1.29 is 4.79 Å². The molecule has 3 heteroatoms. The third-order valence-electron chi connectivity index (χ3n) is 5.29. The van der Waals surface area contributed by atoms with Crippen LogP contribution in [0.15, 0.2) is 0 Å². The first-order chi connectivity index (χ1) is 10.5. The van der Waals surface area contributed by atoms with Crippen LogP contribution in [-0.2, 0) is 4.79 Å². The summed E-state index contributed by atoms with van der Waals surface area (Å²) in [5.41, 5.74) is 0. The SMILES string of the molecule is CC(C)C(CCSCCN(C)C)CCC1CCC(C=O)CC1. The molecular weight excluding hydrogens is 290 g/mol. The van der Waals surface area contributed by atoms with Gasteiger partial charge < -0.3 is 9.69 Å². The molecule has 0 heterocycles. The van der Waals surface area contributed by atoms with Crippen LogP contribution in [0.1, 0.15) is 58.8 Å². The minimum Gasteiger partial charge on any atom is -0.309 e. The number of aldehydes is 1. The molecule has 0 aromatic carbocycles. The lowest BCUT2D eigenvalue weighted by Crippen LogP contribution is -2.18. The molecular formula is C19H37NOS. The number of hydrogen-bond acceptors (Lipinski definition) is 3. The standard InChI is InChI=1S/C19H37NOS/c1-16(2)19(11-13-22-14-12-20(3)4)10-9-17-5-7-18(15-21)8-6-17/h15-19H,5-14H2,1-4H3. The summed E-state index contributed by atoms with van der Waals surface area (Å²) in [4.78, 5) is 13.1. The van der Waals surface area contributed by atoms with E-state index in [0.29, 0.717) is 5.92 Å². The van der Waals surface area contributed by atoms with Crippen molar-refractivity contribution in [2.45, 2.75) is 58.8 Å². The van der Waals surface area contributed by atoms with Gasteiger partial charge in [-0.25, -0.2) is 0 Å². The van der Waals surface area contributed by atoms with Crippen LogP contribution in [0.2, 0.25) is 0 Å². The van der Waals surface area contributed by atoms with E-state index in [9.17, 15) is 4.79 Å². The molecule has 1 aliphatic carbocycles. The third-order valence-corrected chi connectivity index (χ3v) is 6.28. The predicted molar refractivity (Wildman–Crippen MR) is 99.6 cm³/mol. The number of hydrogen-bond donors (Lipinski definition) is 0. The second-order valence-corrected chi connectivity index (χ2v) is 8.93. The van der Waals surface area contributed by atoms with E-state index in [1.165, 1.54) is 56.4 Å². The molecule has 0 spiro atoms. The summed E-state index contributed by atoms with van der Waals surface area (Å²) in [6, 6.07) is 0. The van der Waals surface area contributed by atoms with Crippen LogP contribution in [-0.4, -0.2) is 43.3 Å². The predicted octanol–water partition coefficient (Wildman–Crippen LogP) is 4.73. The fourth-order valence-corrected chi connectivity index (χ4v) is 4.63. The Balaban J connectivity index is 2.17. The summed E-state index contributed by atoms with van der Waals surface area (Å²) in [6.07, 6.45) is 10.2. The Morgan fingerprint density at radius 2 is 1.77 bits per heavy atom. The van der Waals surface area contributed by atoms with Crippen LogP contribution in [0.25, 0.3) is 0 Å². The van der Waals surface area contributed by atoms with Crippen molar-refractivity contribution in [2.24, 2.45) is 23.7 Å². The van der Waals surface area contributed by atoms with E-state index in [1.54, 1.807) is 0 Å². The number of thioether (sulfide) groups is 1. The largest absolute Gasteiger partial charge is 0.309 e. The zero-order valence-electron chi connectivity index (χ0n) is 15.2. The van der Waals surface area contributed by atoms with E-state index >= 15 is 0 Å². The van der Waals surface area contributed by atoms with E-state index in [1.807, 2.05) is 0 Å². The van der Waals surface area contributed by atoms with Gasteiger partial charge in [0, 0.05) is 18.2 Å². The molecule has 130 valence electrons. The first-order valence-corrected chi connectivity index (χ1v) is 10.4. The average molecular weight is 328 g/mol. The minimum atomic E-state index is 0.366. The normalized spacial score (nSPS) is 23.9. The molecule has 1 aliphatic rings. The van der Waals surface area contributed by atoms with Gasteiger partial charge >= 0.3 is 0 Å². The van der Waals surface area contributed by atoms with Crippen LogP contribution >= 0.6 is 11.8 Å². The van der Waals surface area contributed by atoms with Crippen LogP contribution < -0.4 is 0 Å². The van der Waals surface area contributed by atoms with Crippen LogP contribution in [0, 0.1) is 23.7 Å². The molecule has 0 amide bonds. The molecule has 2 nitrogen and oxygen atoms in total. The molecule has 0 radical (unpaired) electrons. The first kappa shape index (κ1) is 20.0. The van der Waals surface area contributed by atoms with Crippen molar-refractivity contribution in [3.05, 3.63) is 0 Å². The van der Waals surface area contributed by atoms with Gasteiger partial charge in [0.25, 0.3) is 0 Å². The van der Waals surface area contributed by atoms with Gasteiger partial charge in [0.2, 0.25) is 0 Å². The van der Waals surface area contributed by atoms with E-state index < -0.39 is 0 Å². The highest BCUT2D eigenvalue weighted by Gasteiger charge is 2.22. The van der Waals surface area contributed by atoms with Crippen molar-refractivity contribution in [2.75, 3.05) is 32.1 Å². The van der Waals surface area contributed by atoms with Crippen LogP contribution in [0.3, 0.4) is 0 Å². The topological polar surface area (TPSA) is 20.3 Å². The molecule has 0 aromatic rings. The monoisotopic (exact) mass is 327 g/mol. The molecule has 1 rings (SSSR count). The van der Waals surface area contributed by atoms with Gasteiger partial charge in [-0.15, -0.1) is 0 Å². The average Bonchev–Trinajstić information content (AvgIpc) is 2.49. The van der Waals surface area contributed by atoms with Crippen molar-refractivity contribution in [3.8, 4) is 0 Å². The Labute approximate surface area is 142 Å². The molecule has 1 unspecified atom stereocenters. The number of carbonyl (C=O) groups excluding carboxylic acids is 1. The van der Waals surface area contributed by atoms with Crippen LogP contribution in [0.4, 0.5) is 0 Å². The van der Waals surface area contributed by atoms with Gasteiger partial charge in [-0.05, 0) is 76.1 Å². The quantitative estimate of drug-likeness (QED) is 0.404. The van der Waals surface area contributed by atoms with Crippen molar-refractivity contribution in [1.82, 2.24) is 4.90 Å². The Hall–Kier alpha value is -0.0200. The lowest BCUT2D eigenvalue weighted by Gasteiger charge is -2.28. The van der Waals surface area contributed by atoms with E-state index in [-0.39, 0.29) is 0 Å².